The zero-order valence-corrected chi connectivity index (χ0v) is 18.5. The summed E-state index contributed by atoms with van der Waals surface area (Å²) < 4.78 is 10.8. The van der Waals surface area contributed by atoms with Crippen LogP contribution < -0.4 is 5.32 Å². The highest BCUT2D eigenvalue weighted by Gasteiger charge is 2.36. The van der Waals surface area contributed by atoms with Gasteiger partial charge in [0.1, 0.15) is 19.3 Å². The Morgan fingerprint density at radius 3 is 2.24 bits per heavy atom. The molecule has 1 saturated heterocycles. The van der Waals surface area contributed by atoms with Gasteiger partial charge in [-0.05, 0) is 28.7 Å². The average Bonchev–Trinajstić information content (AvgIpc) is 3.10. The van der Waals surface area contributed by atoms with E-state index in [2.05, 4.69) is 29.6 Å². The molecule has 2 aromatic carbocycles. The highest BCUT2D eigenvalue weighted by atomic mass is 16.5. The summed E-state index contributed by atoms with van der Waals surface area (Å²) >= 11 is 0. The van der Waals surface area contributed by atoms with Crippen LogP contribution in [-0.4, -0.2) is 66.4 Å². The number of alkyl carbamates (subject to hydrolysis) is 1. The van der Waals surface area contributed by atoms with Gasteiger partial charge in [0.25, 0.3) is 0 Å². The molecule has 0 aromatic heterocycles. The predicted octanol–water partition coefficient (Wildman–Crippen LogP) is 3.01. The van der Waals surface area contributed by atoms with Crippen LogP contribution in [0.25, 0.3) is 11.1 Å². The number of hydrogen-bond acceptors (Lipinski definition) is 5. The van der Waals surface area contributed by atoms with Gasteiger partial charge in [-0.15, -0.1) is 0 Å². The number of nitrogens with one attached hydrogen (secondary N) is 1. The van der Waals surface area contributed by atoms with Crippen LogP contribution in [-0.2, 0) is 19.1 Å². The van der Waals surface area contributed by atoms with Crippen molar-refractivity contribution in [2.24, 2.45) is 0 Å². The summed E-state index contributed by atoms with van der Waals surface area (Å²) in [4.78, 5) is 37.6. The van der Waals surface area contributed by atoms with Gasteiger partial charge in [0.2, 0.25) is 5.91 Å². The lowest BCUT2D eigenvalue weighted by Crippen LogP contribution is -2.60. The summed E-state index contributed by atoms with van der Waals surface area (Å²) in [6, 6.07) is 15.5. The average molecular weight is 453 g/mol. The molecule has 33 heavy (non-hydrogen) atoms. The van der Waals surface area contributed by atoms with Gasteiger partial charge in [0, 0.05) is 19.0 Å². The predicted molar refractivity (Wildman–Crippen MR) is 121 cm³/mol. The zero-order chi connectivity index (χ0) is 23.4. The van der Waals surface area contributed by atoms with Gasteiger partial charge in [-0.25, -0.2) is 9.59 Å². The first-order valence-corrected chi connectivity index (χ1v) is 11.2. The van der Waals surface area contributed by atoms with Crippen LogP contribution in [0.4, 0.5) is 4.79 Å². The number of carboxylic acid groups (broad SMARTS) is 1. The summed E-state index contributed by atoms with van der Waals surface area (Å²) in [5.74, 6) is -1.30. The van der Waals surface area contributed by atoms with Crippen molar-refractivity contribution in [1.29, 1.82) is 0 Å². The summed E-state index contributed by atoms with van der Waals surface area (Å²) in [7, 11) is 0. The van der Waals surface area contributed by atoms with E-state index in [1.165, 1.54) is 0 Å². The second-order valence-corrected chi connectivity index (χ2v) is 8.38. The van der Waals surface area contributed by atoms with Gasteiger partial charge in [-0.1, -0.05) is 61.9 Å². The topological polar surface area (TPSA) is 105 Å². The van der Waals surface area contributed by atoms with Crippen LogP contribution >= 0.6 is 0 Å². The molecule has 8 nitrogen and oxygen atoms in total. The Bertz CT molecular complexity index is 988. The molecule has 2 aliphatic rings. The number of amides is 2. The smallest absolute Gasteiger partial charge is 0.407 e. The number of fused-ring (bicyclic) bond motifs is 3. The minimum Gasteiger partial charge on any atom is -0.480 e. The van der Waals surface area contributed by atoms with Crippen LogP contribution in [0, 0.1) is 0 Å². The van der Waals surface area contributed by atoms with Crippen molar-refractivity contribution in [3.05, 3.63) is 59.7 Å². The van der Waals surface area contributed by atoms with Crippen molar-refractivity contribution >= 4 is 18.0 Å². The molecule has 1 aliphatic heterocycles. The molecule has 1 fully saturated rings. The second-order valence-electron chi connectivity index (χ2n) is 8.38. The standard InChI is InChI=1S/C25H28N2O6/c1-2-7-22(24(30)27-12-16(13-27)32-15-23(28)29)26-25(31)33-14-21-19-10-5-3-8-17(19)18-9-4-6-11-20(18)21/h3-6,8-11,16,21-22H,2,7,12-15H2,1H3,(H,26,31)(H,28,29)/t22-/m0/s1. The van der Waals surface area contributed by atoms with Crippen LogP contribution in [0.1, 0.15) is 36.8 Å². The highest BCUT2D eigenvalue weighted by Crippen LogP contribution is 2.44. The molecule has 2 amide bonds. The Balaban J connectivity index is 1.33. The number of carboxylic acids is 1. The number of hydrogen-bond donors (Lipinski definition) is 2. The molecule has 1 atom stereocenters. The van der Waals surface area contributed by atoms with Crippen LogP contribution in [0.2, 0.25) is 0 Å². The van der Waals surface area contributed by atoms with Crippen molar-refractivity contribution in [1.82, 2.24) is 10.2 Å². The van der Waals surface area contributed by atoms with Gasteiger partial charge >= 0.3 is 12.1 Å². The molecule has 2 aromatic rings. The molecule has 0 spiro atoms. The second kappa shape index (κ2) is 10.0. The van der Waals surface area contributed by atoms with E-state index >= 15 is 0 Å². The quantitative estimate of drug-likeness (QED) is 0.606. The van der Waals surface area contributed by atoms with Crippen LogP contribution in [0.15, 0.2) is 48.5 Å². The highest BCUT2D eigenvalue weighted by molar-refractivity contribution is 5.86. The van der Waals surface area contributed by atoms with Crippen molar-refractivity contribution in [3.8, 4) is 11.1 Å². The first kappa shape index (κ1) is 22.8. The molecular formula is C25H28N2O6. The summed E-state index contributed by atoms with van der Waals surface area (Å²) in [5.41, 5.74) is 4.55. The van der Waals surface area contributed by atoms with E-state index in [1.54, 1.807) is 4.90 Å². The fourth-order valence-corrected chi connectivity index (χ4v) is 4.46. The Morgan fingerprint density at radius 2 is 1.67 bits per heavy atom. The van der Waals surface area contributed by atoms with Gasteiger partial charge in [0.15, 0.2) is 0 Å². The molecule has 0 unspecified atom stereocenters. The van der Waals surface area contributed by atoms with Crippen molar-refractivity contribution in [2.45, 2.75) is 37.8 Å². The molecule has 1 heterocycles. The minimum atomic E-state index is -1.04. The number of nitrogens with zero attached hydrogens (tertiary/aromatic N) is 1. The van der Waals surface area contributed by atoms with E-state index in [-0.39, 0.29) is 31.1 Å². The lowest BCUT2D eigenvalue weighted by atomic mass is 9.98. The Kier molecular flexibility index (Phi) is 6.93. The van der Waals surface area contributed by atoms with Gasteiger partial charge in [-0.2, -0.15) is 0 Å². The Hall–Kier alpha value is -3.39. The summed E-state index contributed by atoms with van der Waals surface area (Å²) in [6.45, 7) is 2.37. The third kappa shape index (κ3) is 5.01. The number of rotatable bonds is 9. The molecule has 2 N–H and O–H groups in total. The molecule has 8 heteroatoms. The third-order valence-electron chi connectivity index (χ3n) is 6.11. The van der Waals surface area contributed by atoms with Crippen molar-refractivity contribution in [2.75, 3.05) is 26.3 Å². The molecule has 0 saturated carbocycles. The molecule has 0 bridgehead atoms. The summed E-state index contributed by atoms with van der Waals surface area (Å²) in [6.07, 6.45) is 0.289. The van der Waals surface area contributed by atoms with Crippen molar-refractivity contribution < 1.29 is 29.0 Å². The fourth-order valence-electron chi connectivity index (χ4n) is 4.46. The van der Waals surface area contributed by atoms with Gasteiger partial charge in [0.05, 0.1) is 6.10 Å². The summed E-state index contributed by atoms with van der Waals surface area (Å²) in [5, 5.41) is 11.4. The van der Waals surface area contributed by atoms with Crippen LogP contribution in [0.5, 0.6) is 0 Å². The van der Waals surface area contributed by atoms with E-state index in [0.29, 0.717) is 25.9 Å². The number of benzene rings is 2. The van der Waals surface area contributed by atoms with E-state index in [0.717, 1.165) is 22.3 Å². The Morgan fingerprint density at radius 1 is 1.06 bits per heavy atom. The fraction of sp³-hybridized carbons (Fsp3) is 0.400. The molecule has 4 rings (SSSR count). The number of aliphatic carboxylic acids is 1. The lowest BCUT2D eigenvalue weighted by molar-refractivity contribution is -0.155. The number of carbonyl (C=O) groups excluding carboxylic acids is 2. The lowest BCUT2D eigenvalue weighted by Gasteiger charge is -2.40. The first-order chi connectivity index (χ1) is 16.0. The first-order valence-electron chi connectivity index (χ1n) is 11.2. The molecule has 0 radical (unpaired) electrons. The monoisotopic (exact) mass is 452 g/mol. The number of ether oxygens (including phenoxy) is 2. The SMILES string of the molecule is CCC[C@H](NC(=O)OCC1c2ccccc2-c2ccccc21)C(=O)N1CC(OCC(=O)O)C1. The Labute approximate surface area is 192 Å². The van der Waals surface area contributed by atoms with E-state index in [4.69, 9.17) is 14.6 Å². The van der Waals surface area contributed by atoms with Crippen molar-refractivity contribution in [3.63, 3.8) is 0 Å². The zero-order valence-electron chi connectivity index (χ0n) is 18.5. The maximum absolute atomic E-state index is 12.8. The van der Waals surface area contributed by atoms with E-state index in [9.17, 15) is 14.4 Å². The molecular weight excluding hydrogens is 424 g/mol. The normalized spacial score (nSPS) is 15.8. The van der Waals surface area contributed by atoms with Gasteiger partial charge in [-0.3, -0.25) is 4.79 Å². The molecule has 174 valence electrons. The minimum absolute atomic E-state index is 0.0500. The maximum atomic E-state index is 12.8. The number of carbonyl (C=O) groups is 3. The van der Waals surface area contributed by atoms with E-state index in [1.807, 2.05) is 31.2 Å². The number of likely N-dealkylation sites (tertiary alicyclic amines) is 1. The largest absolute Gasteiger partial charge is 0.480 e. The maximum Gasteiger partial charge on any atom is 0.407 e. The third-order valence-corrected chi connectivity index (χ3v) is 6.11. The molecule has 1 aliphatic carbocycles. The van der Waals surface area contributed by atoms with Gasteiger partial charge < -0.3 is 24.8 Å². The van der Waals surface area contributed by atoms with E-state index < -0.39 is 18.1 Å². The van der Waals surface area contributed by atoms with Crippen LogP contribution in [0.3, 0.4) is 0 Å².